The fourth-order valence-electron chi connectivity index (χ4n) is 3.63. The normalized spacial score (nSPS) is 33.2. The molecule has 4 nitrogen and oxygen atoms in total. The lowest BCUT2D eigenvalue weighted by molar-refractivity contribution is -0.153. The van der Waals surface area contributed by atoms with E-state index in [4.69, 9.17) is 0 Å². The average molecular weight is 268 g/mol. The molecule has 2 heterocycles. The van der Waals surface area contributed by atoms with Gasteiger partial charge < -0.3 is 14.9 Å². The topological polar surface area (TPSA) is 43.8 Å². The molecule has 0 aromatic carbocycles. The standard InChI is InChI=1S/C15H28N2O2/c1-4-15(14(18)19)6-9-17(10-7-15)13-5-8-16(3)12(2)11-13/h12-13H,4-11H2,1-3H3,(H,18,19). The summed E-state index contributed by atoms with van der Waals surface area (Å²) in [5.74, 6) is -0.591. The van der Waals surface area contributed by atoms with E-state index in [1.807, 2.05) is 6.92 Å². The molecule has 0 bridgehead atoms. The molecule has 2 unspecified atom stereocenters. The zero-order chi connectivity index (χ0) is 14.0. The summed E-state index contributed by atoms with van der Waals surface area (Å²) in [6, 6.07) is 1.31. The fourth-order valence-corrected chi connectivity index (χ4v) is 3.63. The molecule has 0 aliphatic carbocycles. The molecule has 2 aliphatic heterocycles. The molecule has 2 rings (SSSR count). The van der Waals surface area contributed by atoms with Crippen molar-refractivity contribution in [2.24, 2.45) is 5.41 Å². The Morgan fingerprint density at radius 1 is 1.32 bits per heavy atom. The number of carboxylic acids is 1. The van der Waals surface area contributed by atoms with Crippen LogP contribution in [0.4, 0.5) is 0 Å². The van der Waals surface area contributed by atoms with Crippen molar-refractivity contribution in [2.75, 3.05) is 26.7 Å². The van der Waals surface area contributed by atoms with E-state index in [1.54, 1.807) is 0 Å². The van der Waals surface area contributed by atoms with Gasteiger partial charge in [-0.15, -0.1) is 0 Å². The third-order valence-electron chi connectivity index (χ3n) is 5.58. The highest BCUT2D eigenvalue weighted by Crippen LogP contribution is 2.37. The molecule has 2 aliphatic rings. The third kappa shape index (κ3) is 2.95. The van der Waals surface area contributed by atoms with Crippen LogP contribution in [0.2, 0.25) is 0 Å². The minimum absolute atomic E-state index is 0.451. The Bertz CT molecular complexity index is 324. The number of nitrogens with zero attached hydrogens (tertiary/aromatic N) is 2. The van der Waals surface area contributed by atoms with Crippen LogP contribution < -0.4 is 0 Å². The molecule has 0 spiro atoms. The van der Waals surface area contributed by atoms with Crippen molar-refractivity contribution in [3.05, 3.63) is 0 Å². The van der Waals surface area contributed by atoms with Crippen molar-refractivity contribution in [1.82, 2.24) is 9.80 Å². The lowest BCUT2D eigenvalue weighted by Gasteiger charge is -2.45. The van der Waals surface area contributed by atoms with Crippen molar-refractivity contribution in [3.63, 3.8) is 0 Å². The van der Waals surface area contributed by atoms with Crippen LogP contribution in [0.25, 0.3) is 0 Å². The maximum Gasteiger partial charge on any atom is 0.309 e. The molecule has 0 saturated carbocycles. The highest BCUT2D eigenvalue weighted by molar-refractivity contribution is 5.74. The van der Waals surface area contributed by atoms with Crippen molar-refractivity contribution in [1.29, 1.82) is 0 Å². The Kier molecular flexibility index (Phi) is 4.51. The fraction of sp³-hybridized carbons (Fsp3) is 0.933. The van der Waals surface area contributed by atoms with Crippen LogP contribution in [0.5, 0.6) is 0 Å². The van der Waals surface area contributed by atoms with Gasteiger partial charge in [-0.25, -0.2) is 0 Å². The van der Waals surface area contributed by atoms with E-state index in [1.165, 1.54) is 19.4 Å². The molecule has 2 atom stereocenters. The summed E-state index contributed by atoms with van der Waals surface area (Å²) in [5.41, 5.74) is -0.451. The second-order valence-corrected chi connectivity index (χ2v) is 6.48. The second-order valence-electron chi connectivity index (χ2n) is 6.48. The van der Waals surface area contributed by atoms with Crippen molar-refractivity contribution in [2.45, 2.75) is 58.0 Å². The van der Waals surface area contributed by atoms with Crippen LogP contribution in [0.1, 0.15) is 46.0 Å². The minimum atomic E-state index is -0.591. The Hall–Kier alpha value is -0.610. The highest BCUT2D eigenvalue weighted by atomic mass is 16.4. The summed E-state index contributed by atoms with van der Waals surface area (Å²) in [7, 11) is 2.20. The van der Waals surface area contributed by atoms with Crippen LogP contribution in [0, 0.1) is 5.41 Å². The highest BCUT2D eigenvalue weighted by Gasteiger charge is 2.41. The van der Waals surface area contributed by atoms with E-state index in [0.717, 1.165) is 32.4 Å². The van der Waals surface area contributed by atoms with E-state index < -0.39 is 11.4 Å². The van der Waals surface area contributed by atoms with Gasteiger partial charge in [0.05, 0.1) is 5.41 Å². The number of hydrogen-bond acceptors (Lipinski definition) is 3. The zero-order valence-corrected chi connectivity index (χ0v) is 12.6. The molecule has 4 heteroatoms. The van der Waals surface area contributed by atoms with E-state index in [9.17, 15) is 9.90 Å². The number of likely N-dealkylation sites (tertiary alicyclic amines) is 2. The number of piperidine rings is 2. The molecule has 110 valence electrons. The lowest BCUT2D eigenvalue weighted by atomic mass is 9.75. The van der Waals surface area contributed by atoms with Gasteiger partial charge in [-0.05, 0) is 65.7 Å². The van der Waals surface area contributed by atoms with Crippen LogP contribution in [-0.4, -0.2) is 59.6 Å². The predicted octanol–water partition coefficient (Wildman–Crippen LogP) is 2.05. The lowest BCUT2D eigenvalue weighted by Crippen LogP contribution is -2.52. The van der Waals surface area contributed by atoms with Crippen LogP contribution in [0.15, 0.2) is 0 Å². The molecule has 0 aromatic rings. The number of carbonyl (C=O) groups is 1. The van der Waals surface area contributed by atoms with Gasteiger partial charge in [0.1, 0.15) is 0 Å². The summed E-state index contributed by atoms with van der Waals surface area (Å²) in [6.07, 6.45) is 4.86. The molecule has 0 aromatic heterocycles. The van der Waals surface area contributed by atoms with Crippen molar-refractivity contribution >= 4 is 5.97 Å². The summed E-state index contributed by atoms with van der Waals surface area (Å²) in [4.78, 5) is 16.4. The SMILES string of the molecule is CCC1(C(=O)O)CCN(C2CCN(C)C(C)C2)CC1. The smallest absolute Gasteiger partial charge is 0.309 e. The van der Waals surface area contributed by atoms with Crippen LogP contribution >= 0.6 is 0 Å². The van der Waals surface area contributed by atoms with Gasteiger partial charge >= 0.3 is 5.97 Å². The molecule has 0 radical (unpaired) electrons. The third-order valence-corrected chi connectivity index (χ3v) is 5.58. The second kappa shape index (κ2) is 5.80. The number of aliphatic carboxylic acids is 1. The number of carboxylic acid groups (broad SMARTS) is 1. The zero-order valence-electron chi connectivity index (χ0n) is 12.6. The first-order valence-corrected chi connectivity index (χ1v) is 7.66. The van der Waals surface area contributed by atoms with Gasteiger partial charge in [-0.2, -0.15) is 0 Å². The van der Waals surface area contributed by atoms with Crippen molar-refractivity contribution < 1.29 is 9.90 Å². The summed E-state index contributed by atoms with van der Waals surface area (Å²) in [6.45, 7) is 7.40. The Labute approximate surface area is 116 Å². The Balaban J connectivity index is 1.91. The minimum Gasteiger partial charge on any atom is -0.481 e. The van der Waals surface area contributed by atoms with Gasteiger partial charge in [0.25, 0.3) is 0 Å². The first-order valence-electron chi connectivity index (χ1n) is 7.66. The predicted molar refractivity (Wildman–Crippen MR) is 76.3 cm³/mol. The average Bonchev–Trinajstić information content (AvgIpc) is 2.42. The maximum absolute atomic E-state index is 11.5. The summed E-state index contributed by atoms with van der Waals surface area (Å²) in [5, 5.41) is 9.44. The Morgan fingerprint density at radius 2 is 1.95 bits per heavy atom. The first-order chi connectivity index (χ1) is 8.98. The monoisotopic (exact) mass is 268 g/mol. The largest absolute Gasteiger partial charge is 0.481 e. The van der Waals surface area contributed by atoms with Crippen molar-refractivity contribution in [3.8, 4) is 0 Å². The molecule has 1 N–H and O–H groups in total. The Morgan fingerprint density at radius 3 is 2.42 bits per heavy atom. The van der Waals surface area contributed by atoms with Gasteiger partial charge in [-0.3, -0.25) is 4.79 Å². The van der Waals surface area contributed by atoms with Crippen LogP contribution in [-0.2, 0) is 4.79 Å². The van der Waals surface area contributed by atoms with E-state index in [0.29, 0.717) is 12.1 Å². The molecule has 2 saturated heterocycles. The van der Waals surface area contributed by atoms with Gasteiger partial charge in [-0.1, -0.05) is 6.92 Å². The summed E-state index contributed by atoms with van der Waals surface area (Å²) >= 11 is 0. The number of hydrogen-bond donors (Lipinski definition) is 1. The first kappa shape index (κ1) is 14.8. The molecule has 2 fully saturated rings. The number of rotatable bonds is 3. The molecule has 19 heavy (non-hydrogen) atoms. The van der Waals surface area contributed by atoms with Gasteiger partial charge in [0.15, 0.2) is 0 Å². The molecular weight excluding hydrogens is 240 g/mol. The van der Waals surface area contributed by atoms with Crippen LogP contribution in [0.3, 0.4) is 0 Å². The van der Waals surface area contributed by atoms with Gasteiger partial charge in [0, 0.05) is 12.1 Å². The van der Waals surface area contributed by atoms with E-state index >= 15 is 0 Å². The van der Waals surface area contributed by atoms with E-state index in [2.05, 4.69) is 23.8 Å². The quantitative estimate of drug-likeness (QED) is 0.851. The summed E-state index contributed by atoms with van der Waals surface area (Å²) < 4.78 is 0. The molecule has 0 amide bonds. The molecular formula is C15H28N2O2. The van der Waals surface area contributed by atoms with E-state index in [-0.39, 0.29) is 0 Å². The maximum atomic E-state index is 11.5. The van der Waals surface area contributed by atoms with Gasteiger partial charge in [0.2, 0.25) is 0 Å².